The van der Waals surface area contributed by atoms with Crippen LogP contribution >= 0.6 is 45.3 Å². The number of ether oxygens (including phenoxy) is 1. The lowest BCUT2D eigenvalue weighted by Crippen LogP contribution is -2.03. The van der Waals surface area contributed by atoms with E-state index < -0.39 is 17.9 Å². The highest BCUT2D eigenvalue weighted by Gasteiger charge is 2.16. The van der Waals surface area contributed by atoms with Gasteiger partial charge in [0.15, 0.2) is 12.0 Å². The van der Waals surface area contributed by atoms with Gasteiger partial charge in [0.25, 0.3) is 0 Å². The van der Waals surface area contributed by atoms with Crippen molar-refractivity contribution in [3.8, 4) is 0 Å². The maximum Gasteiger partial charge on any atom is 0.340 e. The second-order valence-corrected chi connectivity index (χ2v) is 12.4. The summed E-state index contributed by atoms with van der Waals surface area (Å²) in [6, 6.07) is 0. The molecule has 0 aliphatic heterocycles. The molecule has 6 rings (SSSR count). The van der Waals surface area contributed by atoms with Crippen LogP contribution < -0.4 is 11.1 Å². The predicted molar refractivity (Wildman–Crippen MR) is 218 cm³/mol. The van der Waals surface area contributed by atoms with Crippen molar-refractivity contribution in [2.24, 2.45) is 0 Å². The van der Waals surface area contributed by atoms with E-state index in [1.165, 1.54) is 30.2 Å². The van der Waals surface area contributed by atoms with Gasteiger partial charge in [-0.05, 0) is 27.7 Å². The number of esters is 2. The van der Waals surface area contributed by atoms with Gasteiger partial charge in [-0.15, -0.1) is 34.0 Å². The van der Waals surface area contributed by atoms with Gasteiger partial charge in [0.05, 0.1) is 27.3 Å². The Kier molecular flexibility index (Phi) is 34.4. The van der Waals surface area contributed by atoms with Gasteiger partial charge in [-0.3, -0.25) is 19.4 Å². The van der Waals surface area contributed by atoms with Crippen molar-refractivity contribution in [2.75, 3.05) is 0 Å². The normalized spacial score (nSPS) is 8.52. The fraction of sp³-hybridized carbons (Fsp3) is 0.429. The Morgan fingerprint density at radius 1 is 0.673 bits per heavy atom. The molecule has 6 aromatic rings. The fourth-order valence-corrected chi connectivity index (χ4v) is 5.96. The summed E-state index contributed by atoms with van der Waals surface area (Å²) in [6.07, 6.45) is 7.35. The van der Waals surface area contributed by atoms with Crippen LogP contribution in [0.25, 0.3) is 9.66 Å². The van der Waals surface area contributed by atoms with Gasteiger partial charge in [0.1, 0.15) is 15.2 Å². The fourth-order valence-electron chi connectivity index (χ4n) is 3.26. The number of aryl methyl sites for hydroxylation is 4. The van der Waals surface area contributed by atoms with Gasteiger partial charge in [0.2, 0.25) is 5.01 Å². The topological polar surface area (TPSA) is 194 Å². The van der Waals surface area contributed by atoms with Crippen LogP contribution in [0.4, 0.5) is 0 Å². The molecule has 5 N–H and O–H groups in total. The van der Waals surface area contributed by atoms with E-state index in [2.05, 4.69) is 24.9 Å². The molecule has 0 saturated carbocycles. The quantitative estimate of drug-likeness (QED) is 0.0966. The number of rotatable bonds is 2. The molecule has 0 bridgehead atoms. The summed E-state index contributed by atoms with van der Waals surface area (Å²) in [5.74, 6) is -1.95. The number of hydrogen-bond donors (Lipinski definition) is 2. The zero-order valence-electron chi connectivity index (χ0n) is 33.2. The van der Waals surface area contributed by atoms with Gasteiger partial charge in [-0.1, -0.05) is 66.7 Å². The van der Waals surface area contributed by atoms with Gasteiger partial charge in [-0.25, -0.2) is 18.8 Å². The Morgan fingerprint density at radius 2 is 1.12 bits per heavy atom. The molecular formula is C35H58N7O6S4+. The molecule has 0 aromatic carbocycles. The lowest BCUT2D eigenvalue weighted by atomic mass is 10.2. The predicted octanol–water partition coefficient (Wildman–Crippen LogP) is 9.99. The first-order chi connectivity index (χ1) is 24.3. The maximum absolute atomic E-state index is 11.2. The minimum atomic E-state index is -0.912. The van der Waals surface area contributed by atoms with Crippen molar-refractivity contribution in [1.29, 1.82) is 0 Å². The highest BCUT2D eigenvalue weighted by atomic mass is 32.1. The van der Waals surface area contributed by atoms with Crippen LogP contribution in [0.5, 0.6) is 0 Å². The summed E-state index contributed by atoms with van der Waals surface area (Å²) in [4.78, 5) is 50.2. The van der Waals surface area contributed by atoms with Crippen LogP contribution in [0.2, 0.25) is 0 Å². The molecule has 0 radical (unpaired) electrons. The molecule has 0 fully saturated rings. The van der Waals surface area contributed by atoms with Gasteiger partial charge in [0, 0.05) is 55.5 Å². The molecule has 0 aliphatic rings. The number of nitrogens with zero attached hydrogens (tertiary/aromatic N) is 5. The Labute approximate surface area is 324 Å². The Morgan fingerprint density at radius 3 is 1.37 bits per heavy atom. The molecule has 6 heterocycles. The summed E-state index contributed by atoms with van der Waals surface area (Å²) in [5.41, 5.74) is 2.44. The van der Waals surface area contributed by atoms with Crippen molar-refractivity contribution in [3.05, 3.63) is 78.8 Å². The average molecular weight is 801 g/mol. The lowest BCUT2D eigenvalue weighted by Gasteiger charge is -1.87. The zero-order chi connectivity index (χ0) is 40.1. The summed E-state index contributed by atoms with van der Waals surface area (Å²) >= 11 is 6.31. The summed E-state index contributed by atoms with van der Waals surface area (Å²) in [7, 11) is 0. The molecule has 0 aliphatic carbocycles. The number of carbonyl (C=O) groups is 4. The summed E-state index contributed by atoms with van der Waals surface area (Å²) in [5, 5.41) is 27.2. The van der Waals surface area contributed by atoms with E-state index in [4.69, 9.17) is 5.11 Å². The van der Waals surface area contributed by atoms with E-state index in [1.54, 1.807) is 69.3 Å². The second kappa shape index (κ2) is 32.7. The molecule has 6 aromatic heterocycles. The number of Topliss-reactive ketones (excluding diaryl/α,β-unsaturated/α-hetero) is 1. The molecule has 0 saturated heterocycles. The third-order valence-electron chi connectivity index (χ3n) is 4.86. The average Bonchev–Trinajstić information content (AvgIpc) is 3.95. The first-order valence-corrected chi connectivity index (χ1v) is 19.9. The van der Waals surface area contributed by atoms with E-state index in [1.807, 2.05) is 110 Å². The number of fused-ring (bicyclic) bond motifs is 2. The first kappa shape index (κ1) is 54.6. The van der Waals surface area contributed by atoms with Crippen LogP contribution in [0, 0.1) is 27.7 Å². The monoisotopic (exact) mass is 800 g/mol. The van der Waals surface area contributed by atoms with Crippen LogP contribution in [-0.4, -0.2) is 53.0 Å². The minimum Gasteiger partial charge on any atom is -0.478 e. The molecule has 0 spiro atoms. The SMILES string of the molecule is CC.CC.CC.CC.CC(=O)OC(C)=O.CC(=O)c1c(C)nn2ccsc12.Cc1[nH+]ccs1.Cc1nccs1.Cc1nn2ccsc2c1C(=O)O.N. The standard InChI is InChI=1S/C8H8N2OS.C7H6N2O2S.2C4H5NS.C4H6O3.4C2H6.H3N/c1-5-7(6(2)11)8-10(9-5)3-4-12-8;1-4-5(7(10)11)6-9(8-4)2-3-12-6;2*1-4-5-2-3-6-4;1-3(5)7-4(2)6;4*1-2;/h3-4H,1-2H3;2-3H,1H3,(H,10,11);2*2-3H,1H3;1-2H3;4*1-2H3;1H3/p+1. The Bertz CT molecular complexity index is 1640. The summed E-state index contributed by atoms with van der Waals surface area (Å²) in [6.45, 7) is 27.5. The number of aromatic carboxylic acids is 1. The second-order valence-electron chi connectivity index (χ2n) is 8.35. The van der Waals surface area contributed by atoms with E-state index in [0.29, 0.717) is 16.1 Å². The highest BCUT2D eigenvalue weighted by Crippen LogP contribution is 2.21. The van der Waals surface area contributed by atoms with E-state index in [-0.39, 0.29) is 11.9 Å². The van der Waals surface area contributed by atoms with E-state index in [9.17, 15) is 19.2 Å². The number of aromatic nitrogens is 6. The van der Waals surface area contributed by atoms with Crippen molar-refractivity contribution in [3.63, 3.8) is 0 Å². The van der Waals surface area contributed by atoms with Gasteiger partial charge >= 0.3 is 17.9 Å². The number of ketones is 1. The molecule has 17 heteroatoms. The molecule has 0 atom stereocenters. The lowest BCUT2D eigenvalue weighted by molar-refractivity contribution is -0.379. The van der Waals surface area contributed by atoms with E-state index in [0.717, 1.165) is 21.1 Å². The number of carbonyl (C=O) groups excluding carboxylic acids is 3. The molecular weight excluding hydrogens is 743 g/mol. The smallest absolute Gasteiger partial charge is 0.340 e. The van der Waals surface area contributed by atoms with Crippen molar-refractivity contribution in [2.45, 2.75) is 104 Å². The molecule has 52 heavy (non-hydrogen) atoms. The Balaban J connectivity index is -0.000000270. The van der Waals surface area contributed by atoms with Crippen LogP contribution in [0.3, 0.4) is 0 Å². The molecule has 0 unspecified atom stereocenters. The number of H-pyrrole nitrogens is 1. The van der Waals surface area contributed by atoms with Gasteiger partial charge < -0.3 is 16.0 Å². The van der Waals surface area contributed by atoms with E-state index >= 15 is 0 Å². The summed E-state index contributed by atoms with van der Waals surface area (Å²) < 4.78 is 7.31. The van der Waals surface area contributed by atoms with Crippen molar-refractivity contribution in [1.82, 2.24) is 30.4 Å². The number of carboxylic acids is 1. The molecule has 292 valence electrons. The Hall–Kier alpha value is -4.16. The maximum atomic E-state index is 11.2. The third-order valence-corrected chi connectivity index (χ3v) is 8.05. The minimum absolute atomic E-state index is 0. The number of hydrogen-bond acceptors (Lipinski definition) is 13. The van der Waals surface area contributed by atoms with Crippen LogP contribution in [0.15, 0.2) is 46.3 Å². The highest BCUT2D eigenvalue weighted by molar-refractivity contribution is 7.16. The first-order valence-electron chi connectivity index (χ1n) is 16.4. The molecule has 0 amide bonds. The van der Waals surface area contributed by atoms with Crippen LogP contribution in [0.1, 0.15) is 118 Å². The third kappa shape index (κ3) is 21.3. The number of aromatic amines is 1. The number of carboxylic acid groups (broad SMARTS) is 1. The van der Waals surface area contributed by atoms with Crippen LogP contribution in [-0.2, 0) is 14.3 Å². The van der Waals surface area contributed by atoms with Gasteiger partial charge in [-0.2, -0.15) is 10.2 Å². The zero-order valence-corrected chi connectivity index (χ0v) is 36.4. The van der Waals surface area contributed by atoms with Crippen molar-refractivity contribution >= 4 is 78.7 Å². The molecule has 13 nitrogen and oxygen atoms in total. The number of thiazole rings is 4. The van der Waals surface area contributed by atoms with Crippen molar-refractivity contribution < 1.29 is 34.0 Å². The largest absolute Gasteiger partial charge is 0.478 e. The number of nitrogens with one attached hydrogen (secondary N) is 1.